The number of aryl methyl sites for hydroxylation is 3. The highest BCUT2D eigenvalue weighted by molar-refractivity contribution is 5.97. The van der Waals surface area contributed by atoms with Gasteiger partial charge in [0.05, 0.1) is 18.5 Å². The summed E-state index contributed by atoms with van der Waals surface area (Å²) in [6.07, 6.45) is 3.50. The van der Waals surface area contributed by atoms with E-state index in [9.17, 15) is 14.4 Å². The number of rotatable bonds is 5. The summed E-state index contributed by atoms with van der Waals surface area (Å²) in [7, 11) is 0. The second-order valence-corrected chi connectivity index (χ2v) is 8.70. The molecule has 8 heteroatoms. The number of pyridine rings is 3. The zero-order valence-corrected chi connectivity index (χ0v) is 18.5. The van der Waals surface area contributed by atoms with E-state index in [-0.39, 0.29) is 28.6 Å². The molecule has 0 radical (unpaired) electrons. The van der Waals surface area contributed by atoms with Gasteiger partial charge in [0.15, 0.2) is 0 Å². The van der Waals surface area contributed by atoms with E-state index in [0.717, 1.165) is 24.2 Å². The standard InChI is InChI=1S/C24H26N4O4/c1-4-26-13-20(22(30)19-8-5-14(2)25-23(19)26)24(31)27-11-18(12-27)32-17-9-15(3)28(16-6-7-16)21(29)10-17/h5,8-10,13,16,18H,4,6-7,11-12H2,1-3H3. The zero-order chi connectivity index (χ0) is 22.6. The number of hydrogen-bond acceptors (Lipinski definition) is 5. The molecule has 0 aromatic carbocycles. The number of aromatic nitrogens is 3. The lowest BCUT2D eigenvalue weighted by Crippen LogP contribution is -2.56. The van der Waals surface area contributed by atoms with E-state index >= 15 is 0 Å². The van der Waals surface area contributed by atoms with E-state index in [1.807, 2.05) is 36.0 Å². The molecule has 0 atom stereocenters. The molecule has 3 aromatic heterocycles. The summed E-state index contributed by atoms with van der Waals surface area (Å²) < 4.78 is 9.59. The summed E-state index contributed by atoms with van der Waals surface area (Å²) in [6, 6.07) is 7.24. The van der Waals surface area contributed by atoms with Gasteiger partial charge in [-0.3, -0.25) is 14.4 Å². The van der Waals surface area contributed by atoms with Crippen LogP contribution in [0.25, 0.3) is 11.0 Å². The quantitative estimate of drug-likeness (QED) is 0.616. The van der Waals surface area contributed by atoms with Crippen molar-refractivity contribution in [1.82, 2.24) is 19.0 Å². The number of ether oxygens (including phenoxy) is 1. The summed E-state index contributed by atoms with van der Waals surface area (Å²) in [4.78, 5) is 44.5. The first kappa shape index (κ1) is 20.5. The molecule has 1 saturated carbocycles. The maximum absolute atomic E-state index is 13.0. The number of carbonyl (C=O) groups is 1. The fourth-order valence-electron chi connectivity index (χ4n) is 4.35. The summed E-state index contributed by atoms with van der Waals surface area (Å²) in [5.74, 6) is 0.224. The molecule has 0 bridgehead atoms. The van der Waals surface area contributed by atoms with Crippen LogP contribution in [-0.4, -0.2) is 44.1 Å². The van der Waals surface area contributed by atoms with Crippen LogP contribution >= 0.6 is 0 Å². The van der Waals surface area contributed by atoms with Gasteiger partial charge < -0.3 is 18.8 Å². The average molecular weight is 434 g/mol. The van der Waals surface area contributed by atoms with Crippen LogP contribution in [0.4, 0.5) is 0 Å². The molecule has 32 heavy (non-hydrogen) atoms. The third-order valence-electron chi connectivity index (χ3n) is 6.22. The van der Waals surface area contributed by atoms with Gasteiger partial charge >= 0.3 is 0 Å². The number of amides is 1. The number of carbonyl (C=O) groups excluding carboxylic acids is 1. The van der Waals surface area contributed by atoms with Crippen LogP contribution < -0.4 is 15.7 Å². The predicted octanol–water partition coefficient (Wildman–Crippen LogP) is 2.43. The van der Waals surface area contributed by atoms with Gasteiger partial charge in [0.2, 0.25) is 5.43 Å². The van der Waals surface area contributed by atoms with Crippen molar-refractivity contribution in [3.63, 3.8) is 0 Å². The molecule has 2 aliphatic rings. The lowest BCUT2D eigenvalue weighted by Gasteiger charge is -2.39. The van der Waals surface area contributed by atoms with Crippen LogP contribution in [0, 0.1) is 13.8 Å². The van der Waals surface area contributed by atoms with Gasteiger partial charge in [-0.2, -0.15) is 0 Å². The lowest BCUT2D eigenvalue weighted by atomic mass is 10.1. The van der Waals surface area contributed by atoms with Crippen LogP contribution in [0.15, 0.2) is 40.1 Å². The monoisotopic (exact) mass is 434 g/mol. The van der Waals surface area contributed by atoms with Crippen molar-refractivity contribution in [2.45, 2.75) is 52.3 Å². The minimum Gasteiger partial charge on any atom is -0.486 e. The van der Waals surface area contributed by atoms with E-state index < -0.39 is 0 Å². The van der Waals surface area contributed by atoms with Crippen LogP contribution in [-0.2, 0) is 6.54 Å². The van der Waals surface area contributed by atoms with Crippen LogP contribution in [0.2, 0.25) is 0 Å². The molecule has 2 fully saturated rings. The molecule has 8 nitrogen and oxygen atoms in total. The number of nitrogens with zero attached hydrogens (tertiary/aromatic N) is 4. The second-order valence-electron chi connectivity index (χ2n) is 8.70. The topological polar surface area (TPSA) is 86.4 Å². The van der Waals surface area contributed by atoms with Gasteiger partial charge in [-0.1, -0.05) is 0 Å². The van der Waals surface area contributed by atoms with Crippen molar-refractivity contribution in [3.05, 3.63) is 68.0 Å². The molecule has 166 valence electrons. The van der Waals surface area contributed by atoms with Gasteiger partial charge in [0.1, 0.15) is 23.1 Å². The second kappa shape index (κ2) is 7.62. The SMILES string of the molecule is CCn1cc(C(=O)N2CC(Oc3cc(C)n(C4CC4)c(=O)c3)C2)c(=O)c2ccc(C)nc21. The highest BCUT2D eigenvalue weighted by atomic mass is 16.5. The molecular weight excluding hydrogens is 408 g/mol. The Bertz CT molecular complexity index is 1350. The van der Waals surface area contributed by atoms with E-state index in [2.05, 4.69) is 4.98 Å². The highest BCUT2D eigenvalue weighted by Gasteiger charge is 2.35. The first-order valence-electron chi connectivity index (χ1n) is 11.1. The lowest BCUT2D eigenvalue weighted by molar-refractivity contribution is 0.0175. The van der Waals surface area contributed by atoms with E-state index in [1.165, 1.54) is 6.07 Å². The maximum atomic E-state index is 13.0. The van der Waals surface area contributed by atoms with Gasteiger partial charge in [-0.25, -0.2) is 4.98 Å². The molecule has 3 aromatic rings. The van der Waals surface area contributed by atoms with Crippen molar-refractivity contribution in [1.29, 1.82) is 0 Å². The Balaban J connectivity index is 1.32. The summed E-state index contributed by atoms with van der Waals surface area (Å²) in [6.45, 7) is 7.09. The minimum absolute atomic E-state index is 0.0464. The fraction of sp³-hybridized carbons (Fsp3) is 0.417. The molecular formula is C24H26N4O4. The Morgan fingerprint density at radius 2 is 1.91 bits per heavy atom. The summed E-state index contributed by atoms with van der Waals surface area (Å²) in [5, 5.41) is 0.448. The first-order chi connectivity index (χ1) is 15.4. The predicted molar refractivity (Wildman–Crippen MR) is 120 cm³/mol. The van der Waals surface area contributed by atoms with Crippen molar-refractivity contribution in [3.8, 4) is 5.75 Å². The Kier molecular flexibility index (Phi) is 4.87. The average Bonchev–Trinajstić information content (AvgIpc) is 3.54. The maximum Gasteiger partial charge on any atom is 0.259 e. The van der Waals surface area contributed by atoms with E-state index in [4.69, 9.17) is 4.74 Å². The molecule has 5 rings (SSSR count). The molecule has 0 spiro atoms. The van der Waals surface area contributed by atoms with Crippen LogP contribution in [0.1, 0.15) is 47.6 Å². The number of likely N-dealkylation sites (tertiary alicyclic amines) is 1. The van der Waals surface area contributed by atoms with Crippen molar-refractivity contribution >= 4 is 16.9 Å². The normalized spacial score (nSPS) is 16.3. The fourth-order valence-corrected chi connectivity index (χ4v) is 4.35. The van der Waals surface area contributed by atoms with Crippen molar-refractivity contribution < 1.29 is 9.53 Å². The van der Waals surface area contributed by atoms with Gasteiger partial charge in [-0.05, 0) is 51.8 Å². The van der Waals surface area contributed by atoms with Gasteiger partial charge in [0, 0.05) is 36.2 Å². The summed E-state index contributed by atoms with van der Waals surface area (Å²) in [5.41, 5.74) is 2.10. The summed E-state index contributed by atoms with van der Waals surface area (Å²) >= 11 is 0. The van der Waals surface area contributed by atoms with Crippen molar-refractivity contribution in [2.24, 2.45) is 0 Å². The van der Waals surface area contributed by atoms with Gasteiger partial charge in [0.25, 0.3) is 11.5 Å². The molecule has 1 aliphatic carbocycles. The largest absolute Gasteiger partial charge is 0.486 e. The van der Waals surface area contributed by atoms with E-state index in [1.54, 1.807) is 23.2 Å². The highest BCUT2D eigenvalue weighted by Crippen LogP contribution is 2.35. The molecule has 1 saturated heterocycles. The zero-order valence-electron chi connectivity index (χ0n) is 18.5. The minimum atomic E-state index is -0.306. The molecule has 0 unspecified atom stereocenters. The molecule has 0 N–H and O–H groups in total. The van der Waals surface area contributed by atoms with Crippen LogP contribution in [0.5, 0.6) is 5.75 Å². The number of hydrogen-bond donors (Lipinski definition) is 0. The molecule has 1 aliphatic heterocycles. The van der Waals surface area contributed by atoms with Crippen LogP contribution in [0.3, 0.4) is 0 Å². The Labute approximate surface area is 185 Å². The van der Waals surface area contributed by atoms with E-state index in [0.29, 0.717) is 42.5 Å². The van der Waals surface area contributed by atoms with Crippen molar-refractivity contribution in [2.75, 3.05) is 13.1 Å². The molecule has 4 heterocycles. The molecule has 1 amide bonds. The third-order valence-corrected chi connectivity index (χ3v) is 6.22. The first-order valence-corrected chi connectivity index (χ1v) is 11.1. The van der Waals surface area contributed by atoms with Gasteiger partial charge in [-0.15, -0.1) is 0 Å². The Morgan fingerprint density at radius 1 is 1.16 bits per heavy atom. The third kappa shape index (κ3) is 3.49. The Hall–Kier alpha value is -3.42. The smallest absolute Gasteiger partial charge is 0.259 e. The number of fused-ring (bicyclic) bond motifs is 1. The Morgan fingerprint density at radius 3 is 2.56 bits per heavy atom.